The minimum atomic E-state index is 0.461. The fourth-order valence-electron chi connectivity index (χ4n) is 7.64. The Labute approximate surface area is 196 Å². The molecule has 1 spiro atoms. The summed E-state index contributed by atoms with van der Waals surface area (Å²) in [4.78, 5) is 5.81. The lowest BCUT2D eigenvalue weighted by molar-refractivity contribution is -0.109. The molecule has 6 rings (SSSR count). The van der Waals surface area contributed by atoms with Crippen molar-refractivity contribution in [1.82, 2.24) is 9.80 Å². The standard InChI is InChI=1S/C30H44N2/c1-2-4-7-11-15-20-31-22-18-28-27-23-26(17-13-9-5-3-1)29-30(28,25-31)19-14-10-6-8-12-16-21-32(29)24-27/h1-2,5-7,9-11,23,27-29H,3-4,8,12-22,24-25H2/b2-1-,9-5-,10-6-,11-7-. The second-order valence-corrected chi connectivity index (χ2v) is 10.9. The molecule has 2 fully saturated rings. The molecule has 0 radical (unpaired) electrons. The van der Waals surface area contributed by atoms with Crippen LogP contribution in [0.25, 0.3) is 0 Å². The topological polar surface area (TPSA) is 6.48 Å². The van der Waals surface area contributed by atoms with E-state index in [0.29, 0.717) is 11.5 Å². The summed E-state index contributed by atoms with van der Waals surface area (Å²) < 4.78 is 0. The van der Waals surface area contributed by atoms with Gasteiger partial charge in [-0.15, -0.1) is 0 Å². The average Bonchev–Trinajstić information content (AvgIpc) is 2.83. The molecule has 0 aromatic heterocycles. The normalized spacial score (nSPS) is 44.5. The van der Waals surface area contributed by atoms with E-state index in [1.807, 2.05) is 0 Å². The Morgan fingerprint density at radius 2 is 1.53 bits per heavy atom. The van der Waals surface area contributed by atoms with Crippen molar-refractivity contribution in [2.45, 2.75) is 76.7 Å². The molecule has 6 bridgehead atoms. The monoisotopic (exact) mass is 432 g/mol. The minimum Gasteiger partial charge on any atom is -0.302 e. The maximum Gasteiger partial charge on any atom is 0.0379 e. The Bertz CT molecular complexity index is 772. The van der Waals surface area contributed by atoms with E-state index < -0.39 is 0 Å². The number of fused-ring (bicyclic) bond motifs is 1. The molecule has 6 aliphatic rings. The van der Waals surface area contributed by atoms with Gasteiger partial charge in [0.05, 0.1) is 0 Å². The molecule has 5 aliphatic heterocycles. The molecule has 5 heterocycles. The van der Waals surface area contributed by atoms with E-state index in [9.17, 15) is 0 Å². The zero-order valence-electron chi connectivity index (χ0n) is 20.1. The van der Waals surface area contributed by atoms with Gasteiger partial charge >= 0.3 is 0 Å². The molecule has 6 unspecified atom stereocenters. The molecule has 174 valence electrons. The summed E-state index contributed by atoms with van der Waals surface area (Å²) in [6.45, 7) is 6.51. The number of piperidine rings is 2. The van der Waals surface area contributed by atoms with Gasteiger partial charge in [-0.1, -0.05) is 60.3 Å². The van der Waals surface area contributed by atoms with Crippen molar-refractivity contribution < 1.29 is 0 Å². The summed E-state index contributed by atoms with van der Waals surface area (Å²) in [6, 6.07) is 0.686. The number of rotatable bonds is 0. The Morgan fingerprint density at radius 1 is 0.750 bits per heavy atom. The number of hydrogen-bond acceptors (Lipinski definition) is 2. The van der Waals surface area contributed by atoms with E-state index in [-0.39, 0.29) is 0 Å². The van der Waals surface area contributed by atoms with Gasteiger partial charge < -0.3 is 4.90 Å². The van der Waals surface area contributed by atoms with Gasteiger partial charge in [-0.2, -0.15) is 0 Å². The van der Waals surface area contributed by atoms with Crippen LogP contribution in [0.4, 0.5) is 0 Å². The smallest absolute Gasteiger partial charge is 0.0379 e. The Kier molecular flexibility index (Phi) is 7.49. The Balaban J connectivity index is 1.48. The molecule has 6 atom stereocenters. The van der Waals surface area contributed by atoms with Crippen molar-refractivity contribution in [1.29, 1.82) is 0 Å². The highest BCUT2D eigenvalue weighted by atomic mass is 15.2. The van der Waals surface area contributed by atoms with Gasteiger partial charge in [0.1, 0.15) is 0 Å². The second kappa shape index (κ2) is 10.7. The van der Waals surface area contributed by atoms with Crippen molar-refractivity contribution in [3.63, 3.8) is 0 Å². The molecule has 1 aliphatic carbocycles. The lowest BCUT2D eigenvalue weighted by atomic mass is 9.52. The number of allylic oxidation sites excluding steroid dienone is 7. The van der Waals surface area contributed by atoms with Crippen LogP contribution in [0, 0.1) is 17.3 Å². The summed E-state index contributed by atoms with van der Waals surface area (Å²) in [7, 11) is 0. The van der Waals surface area contributed by atoms with Crippen LogP contribution >= 0.6 is 0 Å². The Morgan fingerprint density at radius 3 is 2.44 bits per heavy atom. The average molecular weight is 433 g/mol. The van der Waals surface area contributed by atoms with E-state index in [0.717, 1.165) is 24.7 Å². The van der Waals surface area contributed by atoms with E-state index in [1.165, 1.54) is 90.5 Å². The van der Waals surface area contributed by atoms with Crippen molar-refractivity contribution in [3.8, 4) is 0 Å². The summed E-state index contributed by atoms with van der Waals surface area (Å²) in [5.41, 5.74) is 2.26. The van der Waals surface area contributed by atoms with Gasteiger partial charge in [0.2, 0.25) is 0 Å². The third-order valence-electron chi connectivity index (χ3n) is 8.93. The quantitative estimate of drug-likeness (QED) is 0.394. The van der Waals surface area contributed by atoms with Crippen LogP contribution in [0.1, 0.15) is 70.6 Å². The van der Waals surface area contributed by atoms with Crippen molar-refractivity contribution >= 4 is 0 Å². The molecule has 0 N–H and O–H groups in total. The summed E-state index contributed by atoms with van der Waals surface area (Å²) in [5.74, 6) is 1.69. The maximum absolute atomic E-state index is 2.96. The molecule has 0 amide bonds. The van der Waals surface area contributed by atoms with E-state index in [4.69, 9.17) is 0 Å². The fourth-order valence-corrected chi connectivity index (χ4v) is 7.64. The predicted molar refractivity (Wildman–Crippen MR) is 137 cm³/mol. The third-order valence-corrected chi connectivity index (χ3v) is 8.93. The molecule has 2 nitrogen and oxygen atoms in total. The summed E-state index contributed by atoms with van der Waals surface area (Å²) in [5, 5.41) is 0. The molecule has 0 saturated carbocycles. The lowest BCUT2D eigenvalue weighted by Gasteiger charge is -2.64. The largest absolute Gasteiger partial charge is 0.302 e. The van der Waals surface area contributed by atoms with E-state index in [2.05, 4.69) is 64.5 Å². The van der Waals surface area contributed by atoms with Crippen molar-refractivity contribution in [2.24, 2.45) is 17.3 Å². The molecule has 2 heteroatoms. The van der Waals surface area contributed by atoms with Gasteiger partial charge in [-0.05, 0) is 95.6 Å². The zero-order chi connectivity index (χ0) is 21.6. The molecule has 32 heavy (non-hydrogen) atoms. The summed E-state index contributed by atoms with van der Waals surface area (Å²) in [6.07, 6.45) is 36.0. The van der Waals surface area contributed by atoms with E-state index in [1.54, 1.807) is 5.57 Å². The molecular weight excluding hydrogens is 388 g/mol. The minimum absolute atomic E-state index is 0.461. The first-order valence-electron chi connectivity index (χ1n) is 13.6. The van der Waals surface area contributed by atoms with Crippen LogP contribution in [0.2, 0.25) is 0 Å². The highest BCUT2D eigenvalue weighted by Gasteiger charge is 2.58. The van der Waals surface area contributed by atoms with Crippen LogP contribution in [-0.2, 0) is 0 Å². The maximum atomic E-state index is 2.96. The Hall–Kier alpha value is -1.38. The van der Waals surface area contributed by atoms with Gasteiger partial charge in [0, 0.05) is 31.1 Å². The highest BCUT2D eigenvalue weighted by molar-refractivity contribution is 5.30. The predicted octanol–water partition coefficient (Wildman–Crippen LogP) is 6.69. The molecular formula is C30H44N2. The van der Waals surface area contributed by atoms with E-state index >= 15 is 0 Å². The number of nitrogens with zero attached hydrogens (tertiary/aromatic N) is 2. The van der Waals surface area contributed by atoms with Crippen LogP contribution in [0.3, 0.4) is 0 Å². The van der Waals surface area contributed by atoms with Gasteiger partial charge in [-0.3, -0.25) is 4.90 Å². The first-order chi connectivity index (χ1) is 15.9. The molecule has 2 saturated heterocycles. The first kappa shape index (κ1) is 22.4. The van der Waals surface area contributed by atoms with Crippen LogP contribution in [0.15, 0.2) is 60.3 Å². The molecule has 0 aromatic carbocycles. The van der Waals surface area contributed by atoms with Crippen molar-refractivity contribution in [2.75, 3.05) is 32.7 Å². The SMILES string of the molecule is C1=C2CC/C=C\C/C=C\C/C=C\CCN3CCC4C1CN1CCCC/C=C\CCC4(C3)C21. The van der Waals surface area contributed by atoms with Crippen molar-refractivity contribution in [3.05, 3.63) is 60.3 Å². The summed E-state index contributed by atoms with van der Waals surface area (Å²) >= 11 is 0. The van der Waals surface area contributed by atoms with Gasteiger partial charge in [0.25, 0.3) is 0 Å². The van der Waals surface area contributed by atoms with Gasteiger partial charge in [-0.25, -0.2) is 0 Å². The fraction of sp³-hybridized carbons (Fsp3) is 0.667. The number of hydrogen-bond donors (Lipinski definition) is 0. The van der Waals surface area contributed by atoms with Gasteiger partial charge in [0.15, 0.2) is 0 Å². The second-order valence-electron chi connectivity index (χ2n) is 10.9. The van der Waals surface area contributed by atoms with Crippen LogP contribution in [-0.4, -0.2) is 48.6 Å². The third kappa shape index (κ3) is 4.77. The first-order valence-corrected chi connectivity index (χ1v) is 13.6. The molecule has 0 aromatic rings. The highest BCUT2D eigenvalue weighted by Crippen LogP contribution is 2.57. The van der Waals surface area contributed by atoms with Crippen LogP contribution in [0.5, 0.6) is 0 Å². The zero-order valence-corrected chi connectivity index (χ0v) is 20.1. The lowest BCUT2D eigenvalue weighted by Crippen LogP contribution is -2.68. The van der Waals surface area contributed by atoms with Crippen LogP contribution < -0.4 is 0 Å².